The first kappa shape index (κ1) is 29.0. The van der Waals surface area contributed by atoms with Gasteiger partial charge >= 0.3 is 0 Å². The van der Waals surface area contributed by atoms with Gasteiger partial charge in [0.25, 0.3) is 0 Å². The van der Waals surface area contributed by atoms with Crippen LogP contribution in [-0.4, -0.2) is 4.98 Å². The molecule has 0 N–H and O–H groups in total. The Bertz CT molecular complexity index is 2840. The molecule has 0 atom stereocenters. The summed E-state index contributed by atoms with van der Waals surface area (Å²) in [6.07, 6.45) is 0. The van der Waals surface area contributed by atoms with Gasteiger partial charge in [0.2, 0.25) is 5.89 Å². The Morgan fingerprint density at radius 3 is 1.76 bits per heavy atom. The van der Waals surface area contributed by atoms with Crippen LogP contribution in [0, 0.1) is 0 Å². The zero-order valence-electron chi connectivity index (χ0n) is 27.5. The van der Waals surface area contributed by atoms with Crippen LogP contribution in [0.2, 0.25) is 0 Å². The summed E-state index contributed by atoms with van der Waals surface area (Å²) in [6.45, 7) is 0. The van der Waals surface area contributed by atoms with Crippen LogP contribution < -0.4 is 4.90 Å². The molecule has 0 bridgehead atoms. The minimum absolute atomic E-state index is 0.596. The van der Waals surface area contributed by atoms with Gasteiger partial charge in [0, 0.05) is 33.5 Å². The number of nitrogens with zero attached hydrogens (tertiary/aromatic N) is 2. The van der Waals surface area contributed by atoms with Crippen molar-refractivity contribution in [1.82, 2.24) is 4.98 Å². The Balaban J connectivity index is 1.18. The summed E-state index contributed by atoms with van der Waals surface area (Å²) in [5.41, 5.74) is 11.8. The molecule has 240 valence electrons. The highest BCUT2D eigenvalue weighted by molar-refractivity contribution is 6.14. The zero-order chi connectivity index (χ0) is 33.7. The van der Waals surface area contributed by atoms with E-state index in [9.17, 15) is 0 Å². The van der Waals surface area contributed by atoms with Gasteiger partial charge in [0.05, 0.1) is 11.4 Å². The van der Waals surface area contributed by atoms with Gasteiger partial charge < -0.3 is 13.7 Å². The van der Waals surface area contributed by atoms with Crippen molar-refractivity contribution in [2.45, 2.75) is 0 Å². The van der Waals surface area contributed by atoms with Crippen molar-refractivity contribution < 1.29 is 8.83 Å². The van der Waals surface area contributed by atoms with Crippen LogP contribution in [0.3, 0.4) is 0 Å². The normalized spacial score (nSPS) is 11.5. The molecule has 4 nitrogen and oxygen atoms in total. The third kappa shape index (κ3) is 4.96. The van der Waals surface area contributed by atoms with Crippen LogP contribution in [0.1, 0.15) is 0 Å². The molecule has 0 saturated carbocycles. The molecule has 0 aliphatic rings. The molecular formula is C47H30N2O2. The van der Waals surface area contributed by atoms with Crippen molar-refractivity contribution in [1.29, 1.82) is 0 Å². The monoisotopic (exact) mass is 654 g/mol. The van der Waals surface area contributed by atoms with E-state index in [0.717, 1.165) is 61.0 Å². The van der Waals surface area contributed by atoms with Crippen molar-refractivity contribution >= 4 is 60.9 Å². The second kappa shape index (κ2) is 11.9. The smallest absolute Gasteiger partial charge is 0.227 e. The number of anilines is 3. The lowest BCUT2D eigenvalue weighted by molar-refractivity contribution is 0.617. The second-order valence-electron chi connectivity index (χ2n) is 12.7. The highest BCUT2D eigenvalue weighted by Gasteiger charge is 2.23. The number of hydrogen-bond donors (Lipinski definition) is 0. The number of fused-ring (bicyclic) bond motifs is 5. The van der Waals surface area contributed by atoms with E-state index in [-0.39, 0.29) is 0 Å². The molecule has 0 unspecified atom stereocenters. The third-order valence-corrected chi connectivity index (χ3v) is 9.71. The summed E-state index contributed by atoms with van der Waals surface area (Å²) in [6, 6.07) is 63.4. The van der Waals surface area contributed by atoms with Gasteiger partial charge in [-0.15, -0.1) is 0 Å². The minimum Gasteiger partial charge on any atom is -0.454 e. The summed E-state index contributed by atoms with van der Waals surface area (Å²) in [5, 5.41) is 4.35. The van der Waals surface area contributed by atoms with Gasteiger partial charge in [-0.05, 0) is 70.1 Å². The fourth-order valence-electron chi connectivity index (χ4n) is 7.27. The molecule has 10 aromatic rings. The largest absolute Gasteiger partial charge is 0.454 e. The molecule has 0 aliphatic heterocycles. The Labute approximate surface area is 294 Å². The van der Waals surface area contributed by atoms with E-state index in [1.807, 2.05) is 42.5 Å². The lowest BCUT2D eigenvalue weighted by Gasteiger charge is -2.27. The predicted molar refractivity (Wildman–Crippen MR) is 210 cm³/mol. The third-order valence-electron chi connectivity index (χ3n) is 9.71. The van der Waals surface area contributed by atoms with E-state index in [0.29, 0.717) is 11.5 Å². The number of rotatable bonds is 6. The first-order valence-corrected chi connectivity index (χ1v) is 17.1. The average molecular weight is 655 g/mol. The molecule has 4 heteroatoms. The van der Waals surface area contributed by atoms with Crippen molar-refractivity contribution in [3.63, 3.8) is 0 Å². The fourth-order valence-corrected chi connectivity index (χ4v) is 7.27. The van der Waals surface area contributed by atoms with E-state index in [4.69, 9.17) is 13.8 Å². The van der Waals surface area contributed by atoms with E-state index in [2.05, 4.69) is 144 Å². The van der Waals surface area contributed by atoms with E-state index < -0.39 is 0 Å². The molecule has 0 amide bonds. The molecule has 0 aliphatic carbocycles. The Hall–Kier alpha value is -6.91. The summed E-state index contributed by atoms with van der Waals surface area (Å²) >= 11 is 0. The summed E-state index contributed by atoms with van der Waals surface area (Å²) in [4.78, 5) is 7.18. The van der Waals surface area contributed by atoms with Gasteiger partial charge in [0.15, 0.2) is 11.2 Å². The molecule has 0 radical (unpaired) electrons. The fraction of sp³-hybridized carbons (Fsp3) is 0. The topological polar surface area (TPSA) is 42.4 Å². The lowest BCUT2D eigenvalue weighted by atomic mass is 9.96. The molecule has 51 heavy (non-hydrogen) atoms. The van der Waals surface area contributed by atoms with Gasteiger partial charge in [-0.3, -0.25) is 0 Å². The van der Waals surface area contributed by atoms with Crippen molar-refractivity contribution in [3.05, 3.63) is 182 Å². The maximum Gasteiger partial charge on any atom is 0.227 e. The van der Waals surface area contributed by atoms with Crippen LogP contribution in [-0.2, 0) is 0 Å². The van der Waals surface area contributed by atoms with Crippen molar-refractivity contribution in [2.75, 3.05) is 4.90 Å². The second-order valence-corrected chi connectivity index (χ2v) is 12.7. The quantitative estimate of drug-likeness (QED) is 0.179. The molecule has 0 fully saturated rings. The van der Waals surface area contributed by atoms with Gasteiger partial charge in [-0.2, -0.15) is 0 Å². The average Bonchev–Trinajstić information content (AvgIpc) is 3.79. The van der Waals surface area contributed by atoms with Crippen LogP contribution in [0.4, 0.5) is 17.1 Å². The van der Waals surface area contributed by atoms with Crippen molar-refractivity contribution in [3.8, 4) is 33.7 Å². The number of furan rings is 1. The SMILES string of the molecule is c1ccc(-c2ccc(N(c3ccc(-c4ccccc4)c4ccccc34)c3cccc4c3oc3cc5oc(-c6ccccc6)nc5cc34)cc2)cc1. The van der Waals surface area contributed by atoms with E-state index in [1.54, 1.807) is 0 Å². The van der Waals surface area contributed by atoms with Crippen LogP contribution in [0.15, 0.2) is 191 Å². The van der Waals surface area contributed by atoms with Gasteiger partial charge in [-0.25, -0.2) is 4.98 Å². The first-order chi connectivity index (χ1) is 25.3. The maximum absolute atomic E-state index is 6.80. The van der Waals surface area contributed by atoms with Gasteiger partial charge in [-0.1, -0.05) is 133 Å². The Morgan fingerprint density at radius 2 is 1.02 bits per heavy atom. The van der Waals surface area contributed by atoms with Crippen LogP contribution in [0.25, 0.3) is 77.5 Å². The molecule has 10 rings (SSSR count). The van der Waals surface area contributed by atoms with Crippen LogP contribution >= 0.6 is 0 Å². The summed E-state index contributed by atoms with van der Waals surface area (Å²) in [7, 11) is 0. The number of para-hydroxylation sites is 1. The van der Waals surface area contributed by atoms with Crippen LogP contribution in [0.5, 0.6) is 0 Å². The highest BCUT2D eigenvalue weighted by Crippen LogP contribution is 2.46. The minimum atomic E-state index is 0.596. The zero-order valence-corrected chi connectivity index (χ0v) is 27.5. The number of benzene rings is 8. The first-order valence-electron chi connectivity index (χ1n) is 17.1. The Morgan fingerprint density at radius 1 is 0.392 bits per heavy atom. The maximum atomic E-state index is 6.80. The molecule has 0 spiro atoms. The summed E-state index contributed by atoms with van der Waals surface area (Å²) in [5.74, 6) is 0.596. The highest BCUT2D eigenvalue weighted by atomic mass is 16.4. The molecular weight excluding hydrogens is 625 g/mol. The number of aromatic nitrogens is 1. The number of hydrogen-bond acceptors (Lipinski definition) is 4. The van der Waals surface area contributed by atoms with Gasteiger partial charge in [0.1, 0.15) is 11.1 Å². The number of oxazole rings is 1. The standard InChI is InChI=1S/C47H30N2O2/c1-4-13-31(14-5-1)32-23-25-35(26-24-32)49(42-28-27-36(33-15-6-2-7-16-33)37-19-10-11-20-38(37)42)43-22-12-21-39-40-29-41-45(30-44(40)50-46(39)43)51-47(48-41)34-17-8-3-9-18-34/h1-30H. The molecule has 2 aromatic heterocycles. The molecule has 2 heterocycles. The molecule has 8 aromatic carbocycles. The predicted octanol–water partition coefficient (Wildman–Crippen LogP) is 13.4. The Kier molecular flexibility index (Phi) is 6.78. The van der Waals surface area contributed by atoms with E-state index in [1.165, 1.54) is 22.1 Å². The van der Waals surface area contributed by atoms with E-state index >= 15 is 0 Å². The lowest BCUT2D eigenvalue weighted by Crippen LogP contribution is -2.11. The molecule has 0 saturated heterocycles. The van der Waals surface area contributed by atoms with Crippen molar-refractivity contribution in [2.24, 2.45) is 0 Å². The summed E-state index contributed by atoms with van der Waals surface area (Å²) < 4.78 is 13.0.